The Morgan fingerprint density at radius 3 is 2.39 bits per heavy atom. The topological polar surface area (TPSA) is 73.9 Å². The molecule has 1 amide bonds. The molecule has 0 aliphatic heterocycles. The fraction of sp³-hybridized carbons (Fsp3) is 0.429. The van der Waals surface area contributed by atoms with Crippen molar-refractivity contribution in [2.24, 2.45) is 5.92 Å². The largest absolute Gasteiger partial charge is 0.496 e. The third-order valence-corrected chi connectivity index (χ3v) is 6.39. The standard InChI is InChI=1S/C21H25NO5S/c1-5-12-9-10-13-16(11-12)28-20(17(13)21(24)27-4)22-19(23)18-14(25-2)7-6-8-15(18)26-3/h6-8,12H,5,9-11H2,1-4H3,(H,22,23). The molecule has 1 aliphatic rings. The number of carbonyl (C=O) groups excluding carboxylic acids is 2. The summed E-state index contributed by atoms with van der Waals surface area (Å²) in [5, 5.41) is 3.42. The van der Waals surface area contributed by atoms with E-state index in [4.69, 9.17) is 14.2 Å². The van der Waals surface area contributed by atoms with Crippen LogP contribution in [-0.4, -0.2) is 33.2 Å². The fourth-order valence-corrected chi connectivity index (χ4v) is 4.99. The van der Waals surface area contributed by atoms with Crippen molar-refractivity contribution in [3.63, 3.8) is 0 Å². The van der Waals surface area contributed by atoms with Gasteiger partial charge in [-0.05, 0) is 42.9 Å². The summed E-state index contributed by atoms with van der Waals surface area (Å²) in [5.41, 5.74) is 1.77. The summed E-state index contributed by atoms with van der Waals surface area (Å²) < 4.78 is 15.7. The molecule has 1 aromatic carbocycles. The van der Waals surface area contributed by atoms with Crippen LogP contribution < -0.4 is 14.8 Å². The van der Waals surface area contributed by atoms with Crippen molar-refractivity contribution >= 4 is 28.2 Å². The fourth-order valence-electron chi connectivity index (χ4n) is 3.65. The molecule has 0 bridgehead atoms. The number of fused-ring (bicyclic) bond motifs is 1. The Labute approximate surface area is 168 Å². The first kappa shape index (κ1) is 20.2. The van der Waals surface area contributed by atoms with E-state index >= 15 is 0 Å². The summed E-state index contributed by atoms with van der Waals surface area (Å²) in [6, 6.07) is 5.15. The SMILES string of the molecule is CCC1CCc2c(sc(NC(=O)c3c(OC)cccc3OC)c2C(=O)OC)C1. The van der Waals surface area contributed by atoms with Crippen LogP contribution in [0, 0.1) is 5.92 Å². The van der Waals surface area contributed by atoms with Crippen molar-refractivity contribution in [2.45, 2.75) is 32.6 Å². The number of esters is 1. The van der Waals surface area contributed by atoms with E-state index in [0.29, 0.717) is 33.5 Å². The minimum Gasteiger partial charge on any atom is -0.496 e. The minimum atomic E-state index is -0.422. The highest BCUT2D eigenvalue weighted by Gasteiger charge is 2.30. The summed E-state index contributed by atoms with van der Waals surface area (Å²) in [6.45, 7) is 2.18. The highest BCUT2D eigenvalue weighted by Crippen LogP contribution is 2.41. The molecule has 3 rings (SSSR count). The number of carbonyl (C=O) groups is 2. The van der Waals surface area contributed by atoms with Crippen LogP contribution in [0.15, 0.2) is 18.2 Å². The first-order valence-corrected chi connectivity index (χ1v) is 10.1. The Hall–Kier alpha value is -2.54. The van der Waals surface area contributed by atoms with Gasteiger partial charge in [0.25, 0.3) is 5.91 Å². The van der Waals surface area contributed by atoms with E-state index in [9.17, 15) is 9.59 Å². The van der Waals surface area contributed by atoms with Crippen LogP contribution in [-0.2, 0) is 17.6 Å². The lowest BCUT2D eigenvalue weighted by atomic mass is 9.85. The van der Waals surface area contributed by atoms with E-state index in [0.717, 1.165) is 36.1 Å². The monoisotopic (exact) mass is 403 g/mol. The van der Waals surface area contributed by atoms with Gasteiger partial charge in [0.2, 0.25) is 0 Å². The van der Waals surface area contributed by atoms with E-state index in [1.54, 1.807) is 18.2 Å². The molecule has 1 unspecified atom stereocenters. The van der Waals surface area contributed by atoms with Crippen LogP contribution in [0.3, 0.4) is 0 Å². The lowest BCUT2D eigenvalue weighted by molar-refractivity contribution is 0.0601. The molecule has 1 aromatic heterocycles. The molecule has 1 N–H and O–H groups in total. The molecule has 0 saturated carbocycles. The Morgan fingerprint density at radius 1 is 1.14 bits per heavy atom. The number of rotatable bonds is 6. The number of benzene rings is 1. The van der Waals surface area contributed by atoms with Gasteiger partial charge in [0.15, 0.2) is 0 Å². The molecule has 0 fully saturated rings. The lowest BCUT2D eigenvalue weighted by Crippen LogP contribution is -2.17. The molecule has 0 radical (unpaired) electrons. The number of hydrogen-bond donors (Lipinski definition) is 1. The van der Waals surface area contributed by atoms with Crippen molar-refractivity contribution in [1.82, 2.24) is 0 Å². The van der Waals surface area contributed by atoms with Gasteiger partial charge in [-0.15, -0.1) is 11.3 Å². The summed E-state index contributed by atoms with van der Waals surface area (Å²) in [7, 11) is 4.36. The van der Waals surface area contributed by atoms with E-state index in [1.807, 2.05) is 0 Å². The van der Waals surface area contributed by atoms with E-state index in [2.05, 4.69) is 12.2 Å². The van der Waals surface area contributed by atoms with E-state index in [-0.39, 0.29) is 5.91 Å². The molecule has 150 valence electrons. The Morgan fingerprint density at radius 2 is 1.82 bits per heavy atom. The molecule has 7 heteroatoms. The van der Waals surface area contributed by atoms with Crippen molar-refractivity contribution in [3.05, 3.63) is 39.8 Å². The van der Waals surface area contributed by atoms with Crippen molar-refractivity contribution in [2.75, 3.05) is 26.6 Å². The zero-order valence-electron chi connectivity index (χ0n) is 16.6. The Kier molecular flexibility index (Phi) is 6.24. The van der Waals surface area contributed by atoms with Gasteiger partial charge in [-0.2, -0.15) is 0 Å². The quantitative estimate of drug-likeness (QED) is 0.727. The van der Waals surface area contributed by atoms with Gasteiger partial charge >= 0.3 is 5.97 Å². The van der Waals surface area contributed by atoms with Crippen LogP contribution in [0.2, 0.25) is 0 Å². The molecular formula is C21H25NO5S. The first-order valence-electron chi connectivity index (χ1n) is 9.29. The second-order valence-corrected chi connectivity index (χ2v) is 7.81. The predicted octanol–water partition coefficient (Wildman–Crippen LogP) is 4.32. The molecule has 1 atom stereocenters. The van der Waals surface area contributed by atoms with Gasteiger partial charge in [-0.1, -0.05) is 19.4 Å². The third-order valence-electron chi connectivity index (χ3n) is 5.22. The second-order valence-electron chi connectivity index (χ2n) is 6.71. The number of ether oxygens (including phenoxy) is 3. The van der Waals surface area contributed by atoms with Gasteiger partial charge in [-0.3, -0.25) is 4.79 Å². The lowest BCUT2D eigenvalue weighted by Gasteiger charge is -2.20. The van der Waals surface area contributed by atoms with Crippen molar-refractivity contribution < 1.29 is 23.8 Å². The zero-order chi connectivity index (χ0) is 20.3. The van der Waals surface area contributed by atoms with Crippen molar-refractivity contribution in [1.29, 1.82) is 0 Å². The van der Waals surface area contributed by atoms with Crippen LogP contribution >= 0.6 is 11.3 Å². The molecule has 0 saturated heterocycles. The molecular weight excluding hydrogens is 378 g/mol. The average molecular weight is 404 g/mol. The maximum Gasteiger partial charge on any atom is 0.341 e. The predicted molar refractivity (Wildman–Crippen MR) is 109 cm³/mol. The number of amides is 1. The highest BCUT2D eigenvalue weighted by atomic mass is 32.1. The van der Waals surface area contributed by atoms with E-state index in [1.165, 1.54) is 32.7 Å². The molecule has 2 aromatic rings. The average Bonchev–Trinajstić information content (AvgIpc) is 3.08. The van der Waals surface area contributed by atoms with Crippen LogP contribution in [0.5, 0.6) is 11.5 Å². The molecule has 1 aliphatic carbocycles. The maximum absolute atomic E-state index is 13.1. The molecule has 6 nitrogen and oxygen atoms in total. The normalized spacial score (nSPS) is 15.5. The minimum absolute atomic E-state index is 0.293. The van der Waals surface area contributed by atoms with Gasteiger partial charge in [0.05, 0.1) is 26.9 Å². The Balaban J connectivity index is 2.00. The van der Waals surface area contributed by atoms with Gasteiger partial charge in [0, 0.05) is 4.88 Å². The number of hydrogen-bond acceptors (Lipinski definition) is 6. The van der Waals surface area contributed by atoms with Gasteiger partial charge in [0.1, 0.15) is 22.1 Å². The molecule has 1 heterocycles. The van der Waals surface area contributed by atoms with Gasteiger partial charge < -0.3 is 19.5 Å². The van der Waals surface area contributed by atoms with Crippen molar-refractivity contribution in [3.8, 4) is 11.5 Å². The molecule has 0 spiro atoms. The van der Waals surface area contributed by atoms with Crippen LogP contribution in [0.25, 0.3) is 0 Å². The van der Waals surface area contributed by atoms with Crippen LogP contribution in [0.4, 0.5) is 5.00 Å². The summed E-state index contributed by atoms with van der Waals surface area (Å²) >= 11 is 1.46. The van der Waals surface area contributed by atoms with Gasteiger partial charge in [-0.25, -0.2) is 4.79 Å². The number of nitrogens with one attached hydrogen (secondary N) is 1. The number of methoxy groups -OCH3 is 3. The summed E-state index contributed by atoms with van der Waals surface area (Å²) in [6.07, 6.45) is 3.89. The Bertz CT molecular complexity index is 867. The van der Waals surface area contributed by atoms with Crippen LogP contribution in [0.1, 0.15) is 50.9 Å². The second kappa shape index (κ2) is 8.65. The maximum atomic E-state index is 13.1. The number of anilines is 1. The summed E-state index contributed by atoms with van der Waals surface area (Å²) in [4.78, 5) is 26.7. The van der Waals surface area contributed by atoms with E-state index < -0.39 is 5.97 Å². The molecule has 28 heavy (non-hydrogen) atoms. The first-order chi connectivity index (χ1) is 13.5. The smallest absolute Gasteiger partial charge is 0.341 e. The highest BCUT2D eigenvalue weighted by molar-refractivity contribution is 7.17. The summed E-state index contributed by atoms with van der Waals surface area (Å²) in [5.74, 6) is 0.613. The third kappa shape index (κ3) is 3.71. The number of thiophene rings is 1. The zero-order valence-corrected chi connectivity index (χ0v) is 17.4.